The number of nitrogens with one attached hydrogen (secondary N) is 2. The molecule has 2 rings (SSSR count). The number of aromatic nitrogens is 2. The summed E-state index contributed by atoms with van der Waals surface area (Å²) in [5.41, 5.74) is 6.42. The summed E-state index contributed by atoms with van der Waals surface area (Å²) in [5.74, 6) is 0.884. The first-order chi connectivity index (χ1) is 8.15. The lowest BCUT2D eigenvalue weighted by Gasteiger charge is -2.27. The largest absolute Gasteiger partial charge is 0.369 e. The maximum Gasteiger partial charge on any atom is 0.220 e. The molecular formula is C12H20N4O. The van der Waals surface area contributed by atoms with E-state index in [0.717, 1.165) is 43.7 Å². The number of aryl methyl sites for hydroxylation is 1. The van der Waals surface area contributed by atoms with E-state index in [2.05, 4.69) is 15.3 Å². The molecule has 4 N–H and O–H groups in total. The van der Waals surface area contributed by atoms with E-state index in [-0.39, 0.29) is 11.8 Å². The van der Waals surface area contributed by atoms with Gasteiger partial charge in [0.05, 0.1) is 0 Å². The van der Waals surface area contributed by atoms with Crippen molar-refractivity contribution in [2.24, 2.45) is 11.7 Å². The third kappa shape index (κ3) is 3.30. The Labute approximate surface area is 101 Å². The Kier molecular flexibility index (Phi) is 3.78. The molecule has 17 heavy (non-hydrogen) atoms. The first kappa shape index (κ1) is 12.1. The van der Waals surface area contributed by atoms with Crippen LogP contribution in [0.15, 0.2) is 6.20 Å². The van der Waals surface area contributed by atoms with E-state index in [1.165, 1.54) is 0 Å². The molecule has 1 aromatic rings. The number of rotatable bonds is 4. The van der Waals surface area contributed by atoms with Crippen LogP contribution in [0.5, 0.6) is 0 Å². The van der Waals surface area contributed by atoms with Crippen molar-refractivity contribution in [1.82, 2.24) is 15.3 Å². The number of amides is 1. The minimum atomic E-state index is -0.146. The molecule has 1 amide bonds. The van der Waals surface area contributed by atoms with Crippen LogP contribution in [0, 0.1) is 12.8 Å². The first-order valence-corrected chi connectivity index (χ1v) is 6.18. The van der Waals surface area contributed by atoms with Gasteiger partial charge in [0.2, 0.25) is 5.91 Å². The van der Waals surface area contributed by atoms with Crippen molar-refractivity contribution in [1.29, 1.82) is 0 Å². The number of nitrogens with two attached hydrogens (primary N) is 1. The van der Waals surface area contributed by atoms with Crippen molar-refractivity contribution in [3.63, 3.8) is 0 Å². The standard InChI is InChI=1S/C12H20N4O/c1-8-14-6-11(16-8)7-15-10-4-2-9(3-5-10)12(13)17/h6,9-10,15H,2-5,7H2,1H3,(H2,13,17)(H,14,16). The van der Waals surface area contributed by atoms with Crippen molar-refractivity contribution in [2.75, 3.05) is 0 Å². The molecule has 5 heteroatoms. The summed E-state index contributed by atoms with van der Waals surface area (Å²) in [6, 6.07) is 0.495. The van der Waals surface area contributed by atoms with Crippen LogP contribution in [0.2, 0.25) is 0 Å². The molecule has 0 aromatic carbocycles. The highest BCUT2D eigenvalue weighted by Gasteiger charge is 2.24. The van der Waals surface area contributed by atoms with Crippen molar-refractivity contribution < 1.29 is 4.79 Å². The number of H-pyrrole nitrogens is 1. The number of nitrogens with zero attached hydrogens (tertiary/aromatic N) is 1. The molecule has 0 bridgehead atoms. The average molecular weight is 236 g/mol. The molecule has 0 radical (unpaired) electrons. The molecule has 0 aliphatic heterocycles. The van der Waals surface area contributed by atoms with Gasteiger partial charge in [0.25, 0.3) is 0 Å². The highest BCUT2D eigenvalue weighted by atomic mass is 16.1. The number of primary amides is 1. The molecule has 1 heterocycles. The first-order valence-electron chi connectivity index (χ1n) is 6.18. The third-order valence-corrected chi connectivity index (χ3v) is 3.47. The molecule has 1 aliphatic carbocycles. The summed E-state index contributed by atoms with van der Waals surface area (Å²) in [7, 11) is 0. The fourth-order valence-corrected chi connectivity index (χ4v) is 2.40. The molecule has 1 fully saturated rings. The van der Waals surface area contributed by atoms with Gasteiger partial charge in [0.15, 0.2) is 0 Å². The van der Waals surface area contributed by atoms with Crippen molar-refractivity contribution in [2.45, 2.75) is 45.2 Å². The molecule has 0 spiro atoms. The van der Waals surface area contributed by atoms with E-state index >= 15 is 0 Å². The summed E-state index contributed by atoms with van der Waals surface area (Å²) >= 11 is 0. The van der Waals surface area contributed by atoms with Gasteiger partial charge in [-0.1, -0.05) is 0 Å². The van der Waals surface area contributed by atoms with Gasteiger partial charge >= 0.3 is 0 Å². The van der Waals surface area contributed by atoms with E-state index in [1.807, 2.05) is 13.1 Å². The van der Waals surface area contributed by atoms with Gasteiger partial charge in [-0.25, -0.2) is 4.98 Å². The molecule has 0 atom stereocenters. The van der Waals surface area contributed by atoms with Crippen LogP contribution in [-0.4, -0.2) is 21.9 Å². The van der Waals surface area contributed by atoms with Gasteiger partial charge < -0.3 is 16.0 Å². The van der Waals surface area contributed by atoms with Crippen LogP contribution in [0.3, 0.4) is 0 Å². The summed E-state index contributed by atoms with van der Waals surface area (Å²) in [5, 5.41) is 3.49. The predicted molar refractivity (Wildman–Crippen MR) is 65.1 cm³/mol. The molecule has 1 aromatic heterocycles. The lowest BCUT2D eigenvalue weighted by atomic mass is 9.85. The quantitative estimate of drug-likeness (QED) is 0.724. The highest BCUT2D eigenvalue weighted by molar-refractivity contribution is 5.76. The predicted octanol–water partition coefficient (Wildman–Crippen LogP) is 0.852. The summed E-state index contributed by atoms with van der Waals surface area (Å²) < 4.78 is 0. The van der Waals surface area contributed by atoms with Gasteiger partial charge in [0, 0.05) is 30.4 Å². The summed E-state index contributed by atoms with van der Waals surface area (Å²) in [4.78, 5) is 18.4. The Hall–Kier alpha value is -1.36. The minimum absolute atomic E-state index is 0.0856. The zero-order chi connectivity index (χ0) is 12.3. The Morgan fingerprint density at radius 2 is 2.24 bits per heavy atom. The molecule has 1 saturated carbocycles. The Morgan fingerprint density at radius 1 is 1.53 bits per heavy atom. The zero-order valence-corrected chi connectivity index (χ0v) is 10.2. The van der Waals surface area contributed by atoms with Gasteiger partial charge in [0.1, 0.15) is 5.82 Å². The highest BCUT2D eigenvalue weighted by Crippen LogP contribution is 2.23. The molecule has 5 nitrogen and oxygen atoms in total. The summed E-state index contributed by atoms with van der Waals surface area (Å²) in [6.07, 6.45) is 5.74. The van der Waals surface area contributed by atoms with Crippen molar-refractivity contribution in [3.05, 3.63) is 17.7 Å². The Balaban J connectivity index is 1.73. The van der Waals surface area contributed by atoms with E-state index < -0.39 is 0 Å². The third-order valence-electron chi connectivity index (χ3n) is 3.47. The average Bonchev–Trinajstić information content (AvgIpc) is 2.73. The van der Waals surface area contributed by atoms with Gasteiger partial charge in [-0.3, -0.25) is 4.79 Å². The van der Waals surface area contributed by atoms with Crippen molar-refractivity contribution >= 4 is 5.91 Å². The lowest BCUT2D eigenvalue weighted by Crippen LogP contribution is -2.36. The minimum Gasteiger partial charge on any atom is -0.369 e. The van der Waals surface area contributed by atoms with Crippen LogP contribution >= 0.6 is 0 Å². The van der Waals surface area contributed by atoms with Crippen LogP contribution in [-0.2, 0) is 11.3 Å². The van der Waals surface area contributed by atoms with Crippen LogP contribution in [0.4, 0.5) is 0 Å². The SMILES string of the molecule is Cc1ncc(CNC2CCC(C(N)=O)CC2)[nH]1. The molecular weight excluding hydrogens is 216 g/mol. The van der Waals surface area contributed by atoms with Gasteiger partial charge in [-0.15, -0.1) is 0 Å². The Bertz CT molecular complexity index is 380. The van der Waals surface area contributed by atoms with E-state index in [0.29, 0.717) is 6.04 Å². The van der Waals surface area contributed by atoms with E-state index in [1.54, 1.807) is 0 Å². The number of imidazole rings is 1. The Morgan fingerprint density at radius 3 is 2.76 bits per heavy atom. The maximum atomic E-state index is 11.0. The summed E-state index contributed by atoms with van der Waals surface area (Å²) in [6.45, 7) is 2.76. The molecule has 0 unspecified atom stereocenters. The number of hydrogen-bond acceptors (Lipinski definition) is 3. The van der Waals surface area contributed by atoms with Crippen LogP contribution in [0.25, 0.3) is 0 Å². The second kappa shape index (κ2) is 5.31. The second-order valence-corrected chi connectivity index (χ2v) is 4.83. The number of hydrogen-bond donors (Lipinski definition) is 3. The van der Waals surface area contributed by atoms with Crippen LogP contribution in [0.1, 0.15) is 37.2 Å². The van der Waals surface area contributed by atoms with Crippen molar-refractivity contribution in [3.8, 4) is 0 Å². The molecule has 1 aliphatic rings. The molecule has 94 valence electrons. The van der Waals surface area contributed by atoms with E-state index in [4.69, 9.17) is 5.73 Å². The lowest BCUT2D eigenvalue weighted by molar-refractivity contribution is -0.122. The second-order valence-electron chi connectivity index (χ2n) is 4.83. The number of carbonyl (C=O) groups excluding carboxylic acids is 1. The zero-order valence-electron chi connectivity index (χ0n) is 10.2. The maximum absolute atomic E-state index is 11.0. The number of aromatic amines is 1. The van der Waals surface area contributed by atoms with E-state index in [9.17, 15) is 4.79 Å². The fraction of sp³-hybridized carbons (Fsp3) is 0.667. The fourth-order valence-electron chi connectivity index (χ4n) is 2.40. The normalized spacial score (nSPS) is 24.8. The topological polar surface area (TPSA) is 83.8 Å². The number of carbonyl (C=O) groups is 1. The molecule has 0 saturated heterocycles. The van der Waals surface area contributed by atoms with Crippen LogP contribution < -0.4 is 11.1 Å². The van der Waals surface area contributed by atoms with Gasteiger partial charge in [-0.05, 0) is 32.6 Å². The monoisotopic (exact) mass is 236 g/mol. The van der Waals surface area contributed by atoms with Gasteiger partial charge in [-0.2, -0.15) is 0 Å². The smallest absolute Gasteiger partial charge is 0.220 e.